The molecule has 2 saturated heterocycles. The Bertz CT molecular complexity index is 541. The van der Waals surface area contributed by atoms with E-state index < -0.39 is 5.97 Å². The van der Waals surface area contributed by atoms with Crippen LogP contribution in [0.25, 0.3) is 0 Å². The molecule has 1 N–H and O–H groups in total. The quantitative estimate of drug-likeness (QED) is 0.918. The highest BCUT2D eigenvalue weighted by molar-refractivity contribution is 9.10. The van der Waals surface area contributed by atoms with Gasteiger partial charge < -0.3 is 10.0 Å². The molecule has 0 unspecified atom stereocenters. The summed E-state index contributed by atoms with van der Waals surface area (Å²) < 4.78 is 1.15. The molecule has 1 aromatic rings. The van der Waals surface area contributed by atoms with Gasteiger partial charge in [0, 0.05) is 41.8 Å². The number of benzene rings is 1. The molecule has 0 saturated carbocycles. The second-order valence-electron chi connectivity index (χ2n) is 6.14. The number of carboxylic acid groups (broad SMARTS) is 1. The topological polar surface area (TPSA) is 43.8 Å². The molecule has 1 spiro atoms. The SMILES string of the molecule is Cc1ccc(N2CCC3(CN(CC(=O)O)C3)C2)cc1Br. The zero-order valence-corrected chi connectivity index (χ0v) is 13.2. The smallest absolute Gasteiger partial charge is 0.317 e. The third kappa shape index (κ3) is 2.56. The molecule has 2 aliphatic heterocycles. The molecule has 20 heavy (non-hydrogen) atoms. The molecule has 0 aliphatic carbocycles. The van der Waals surface area contributed by atoms with E-state index in [2.05, 4.69) is 46.0 Å². The molecule has 2 heterocycles. The number of anilines is 1. The third-order valence-corrected chi connectivity index (χ3v) is 5.29. The van der Waals surface area contributed by atoms with Crippen molar-refractivity contribution in [1.82, 2.24) is 4.90 Å². The highest BCUT2D eigenvalue weighted by Gasteiger charge is 2.47. The van der Waals surface area contributed by atoms with E-state index in [1.807, 2.05) is 4.90 Å². The van der Waals surface area contributed by atoms with Gasteiger partial charge in [-0.1, -0.05) is 22.0 Å². The van der Waals surface area contributed by atoms with Crippen LogP contribution in [-0.2, 0) is 4.79 Å². The molecule has 0 atom stereocenters. The predicted octanol–water partition coefficient (Wildman–Crippen LogP) is 2.35. The fraction of sp³-hybridized carbons (Fsp3) is 0.533. The molecule has 0 aromatic heterocycles. The maximum atomic E-state index is 10.7. The van der Waals surface area contributed by atoms with Crippen LogP contribution in [0.5, 0.6) is 0 Å². The minimum atomic E-state index is -0.725. The Hall–Kier alpha value is -1.07. The van der Waals surface area contributed by atoms with Gasteiger partial charge in [-0.3, -0.25) is 9.69 Å². The Labute approximate surface area is 127 Å². The van der Waals surface area contributed by atoms with Gasteiger partial charge in [-0.25, -0.2) is 0 Å². The summed E-state index contributed by atoms with van der Waals surface area (Å²) in [5, 5.41) is 8.81. The summed E-state index contributed by atoms with van der Waals surface area (Å²) in [5.74, 6) is -0.725. The fourth-order valence-electron chi connectivity index (χ4n) is 3.40. The minimum Gasteiger partial charge on any atom is -0.480 e. The number of hydrogen-bond acceptors (Lipinski definition) is 3. The summed E-state index contributed by atoms with van der Waals surface area (Å²) in [7, 11) is 0. The van der Waals surface area contributed by atoms with Gasteiger partial charge in [-0.2, -0.15) is 0 Å². The Morgan fingerprint density at radius 3 is 2.80 bits per heavy atom. The van der Waals surface area contributed by atoms with E-state index in [0.717, 1.165) is 37.1 Å². The van der Waals surface area contributed by atoms with Crippen LogP contribution in [0.4, 0.5) is 5.69 Å². The van der Waals surface area contributed by atoms with Crippen molar-refractivity contribution in [3.05, 3.63) is 28.2 Å². The Morgan fingerprint density at radius 1 is 1.40 bits per heavy atom. The number of hydrogen-bond donors (Lipinski definition) is 1. The van der Waals surface area contributed by atoms with Gasteiger partial charge in [0.25, 0.3) is 0 Å². The molecule has 0 bridgehead atoms. The summed E-state index contributed by atoms with van der Waals surface area (Å²) in [5.41, 5.74) is 2.82. The van der Waals surface area contributed by atoms with E-state index in [1.54, 1.807) is 0 Å². The minimum absolute atomic E-state index is 0.178. The van der Waals surface area contributed by atoms with Crippen molar-refractivity contribution in [2.75, 3.05) is 37.6 Å². The molecule has 5 heteroatoms. The van der Waals surface area contributed by atoms with Crippen molar-refractivity contribution < 1.29 is 9.90 Å². The number of nitrogens with zero attached hydrogens (tertiary/aromatic N) is 2. The number of aryl methyl sites for hydroxylation is 1. The number of carbonyl (C=O) groups is 1. The van der Waals surface area contributed by atoms with Crippen molar-refractivity contribution in [3.63, 3.8) is 0 Å². The Kier molecular flexibility index (Phi) is 3.50. The average molecular weight is 339 g/mol. The van der Waals surface area contributed by atoms with Crippen molar-refractivity contribution in [1.29, 1.82) is 0 Å². The van der Waals surface area contributed by atoms with E-state index in [0.29, 0.717) is 5.41 Å². The van der Waals surface area contributed by atoms with Crippen LogP contribution in [0.3, 0.4) is 0 Å². The van der Waals surface area contributed by atoms with E-state index in [4.69, 9.17) is 5.11 Å². The highest BCUT2D eigenvalue weighted by Crippen LogP contribution is 2.41. The maximum absolute atomic E-state index is 10.7. The molecule has 1 aromatic carbocycles. The lowest BCUT2D eigenvalue weighted by molar-refractivity contribution is -0.141. The molecular weight excluding hydrogens is 320 g/mol. The van der Waals surface area contributed by atoms with Crippen molar-refractivity contribution >= 4 is 27.6 Å². The maximum Gasteiger partial charge on any atom is 0.317 e. The monoisotopic (exact) mass is 338 g/mol. The number of carboxylic acids is 1. The van der Waals surface area contributed by atoms with Crippen LogP contribution in [0.15, 0.2) is 22.7 Å². The summed E-state index contributed by atoms with van der Waals surface area (Å²) in [6, 6.07) is 6.50. The molecule has 2 fully saturated rings. The van der Waals surface area contributed by atoms with Crippen LogP contribution in [-0.4, -0.2) is 48.7 Å². The number of rotatable bonds is 3. The van der Waals surface area contributed by atoms with Crippen LogP contribution < -0.4 is 4.90 Å². The van der Waals surface area contributed by atoms with Crippen molar-refractivity contribution in [2.45, 2.75) is 13.3 Å². The lowest BCUT2D eigenvalue weighted by Gasteiger charge is -2.47. The first-order chi connectivity index (χ1) is 9.47. The van der Waals surface area contributed by atoms with Gasteiger partial charge >= 0.3 is 5.97 Å². The number of aliphatic carboxylic acids is 1. The summed E-state index contributed by atoms with van der Waals surface area (Å²) >= 11 is 3.59. The normalized spacial score (nSPS) is 21.2. The van der Waals surface area contributed by atoms with Gasteiger partial charge in [-0.15, -0.1) is 0 Å². The first-order valence-corrected chi connectivity index (χ1v) is 7.72. The zero-order valence-electron chi connectivity index (χ0n) is 11.6. The fourth-order valence-corrected chi connectivity index (χ4v) is 3.76. The van der Waals surface area contributed by atoms with Crippen LogP contribution in [0, 0.1) is 12.3 Å². The second-order valence-corrected chi connectivity index (χ2v) is 7.00. The molecule has 108 valence electrons. The average Bonchev–Trinajstić information content (AvgIpc) is 2.76. The number of likely N-dealkylation sites (tertiary alicyclic amines) is 1. The van der Waals surface area contributed by atoms with Gasteiger partial charge in [0.1, 0.15) is 0 Å². The second kappa shape index (κ2) is 5.04. The molecular formula is C15H19BrN2O2. The van der Waals surface area contributed by atoms with E-state index in [-0.39, 0.29) is 6.54 Å². The predicted molar refractivity (Wildman–Crippen MR) is 82.2 cm³/mol. The van der Waals surface area contributed by atoms with Crippen molar-refractivity contribution in [3.8, 4) is 0 Å². The van der Waals surface area contributed by atoms with Gasteiger partial charge in [0.2, 0.25) is 0 Å². The van der Waals surface area contributed by atoms with Gasteiger partial charge in [0.15, 0.2) is 0 Å². The molecule has 4 nitrogen and oxygen atoms in total. The van der Waals surface area contributed by atoms with Crippen LogP contribution >= 0.6 is 15.9 Å². The molecule has 2 aliphatic rings. The van der Waals surface area contributed by atoms with E-state index in [1.165, 1.54) is 11.3 Å². The first kappa shape index (κ1) is 13.9. The van der Waals surface area contributed by atoms with Crippen LogP contribution in [0.2, 0.25) is 0 Å². The van der Waals surface area contributed by atoms with E-state index in [9.17, 15) is 4.79 Å². The largest absolute Gasteiger partial charge is 0.480 e. The number of halogens is 1. The van der Waals surface area contributed by atoms with Crippen molar-refractivity contribution in [2.24, 2.45) is 5.41 Å². The zero-order chi connectivity index (χ0) is 14.3. The lowest BCUT2D eigenvalue weighted by Crippen LogP contribution is -2.58. The highest BCUT2D eigenvalue weighted by atomic mass is 79.9. The first-order valence-electron chi connectivity index (χ1n) is 6.93. The summed E-state index contributed by atoms with van der Waals surface area (Å²) in [4.78, 5) is 15.1. The summed E-state index contributed by atoms with van der Waals surface area (Å²) in [6.45, 7) is 6.22. The summed E-state index contributed by atoms with van der Waals surface area (Å²) in [6.07, 6.45) is 1.16. The molecule has 3 rings (SSSR count). The van der Waals surface area contributed by atoms with Gasteiger partial charge in [-0.05, 0) is 31.0 Å². The molecule has 0 amide bonds. The standard InChI is InChI=1S/C15H19BrN2O2/c1-11-2-3-12(6-13(11)16)18-5-4-15(10-18)8-17(9-15)7-14(19)20/h2-3,6H,4-5,7-10H2,1H3,(H,19,20). The van der Waals surface area contributed by atoms with E-state index >= 15 is 0 Å². The third-order valence-electron chi connectivity index (χ3n) is 4.44. The Morgan fingerprint density at radius 2 is 2.15 bits per heavy atom. The lowest BCUT2D eigenvalue weighted by atomic mass is 9.79. The van der Waals surface area contributed by atoms with Crippen LogP contribution in [0.1, 0.15) is 12.0 Å². The molecule has 0 radical (unpaired) electrons. The Balaban J connectivity index is 1.63. The van der Waals surface area contributed by atoms with Gasteiger partial charge in [0.05, 0.1) is 6.54 Å².